The normalized spacial score (nSPS) is 10.2. The molecule has 0 aromatic carbocycles. The van der Waals surface area contributed by atoms with E-state index in [1.54, 1.807) is 0 Å². The maximum absolute atomic E-state index is 10.4. The topological polar surface area (TPSA) is 85.9 Å². The van der Waals surface area contributed by atoms with Gasteiger partial charge in [-0.1, -0.05) is 6.92 Å². The Morgan fingerprint density at radius 1 is 1.73 bits per heavy atom. The van der Waals surface area contributed by atoms with Gasteiger partial charge < -0.3 is 15.0 Å². The number of nitrogens with two attached hydrogens (primary N) is 1. The molecule has 1 aromatic heterocycles. The van der Waals surface area contributed by atoms with Crippen LogP contribution in [0, 0.1) is 4.77 Å². The van der Waals surface area contributed by atoms with E-state index in [0.717, 1.165) is 18.7 Å². The fourth-order valence-electron chi connectivity index (χ4n) is 1.23. The van der Waals surface area contributed by atoms with Crippen LogP contribution in [0.15, 0.2) is 0 Å². The first-order chi connectivity index (χ1) is 7.15. The Kier molecular flexibility index (Phi) is 4.29. The summed E-state index contributed by atoms with van der Waals surface area (Å²) in [5.74, 6) is 0.871. The summed E-state index contributed by atoms with van der Waals surface area (Å²) in [6.45, 7) is 2.75. The predicted octanol–water partition coefficient (Wildman–Crippen LogP) is 0.988. The molecule has 0 unspecified atom stereocenters. The number of hydrogen-bond donors (Lipinski definition) is 2. The molecule has 0 saturated carbocycles. The zero-order valence-electron chi connectivity index (χ0n) is 8.52. The number of carbonyl (C=O) groups is 1. The molecule has 1 amide bonds. The van der Waals surface area contributed by atoms with Crippen molar-refractivity contribution in [2.45, 2.75) is 26.3 Å². The number of hydrogen-bond acceptors (Lipinski definition) is 4. The fraction of sp³-hybridized carbons (Fsp3) is 0.625. The number of amides is 1. The largest absolute Gasteiger partial charge is 0.448 e. The number of carbonyl (C=O) groups excluding carboxylic acids is 1. The van der Waals surface area contributed by atoms with Crippen LogP contribution in [-0.4, -0.2) is 27.5 Å². The van der Waals surface area contributed by atoms with Crippen LogP contribution in [0.2, 0.25) is 0 Å². The lowest BCUT2D eigenvalue weighted by atomic mass is 10.3. The molecular formula is C8H14N4O2S. The van der Waals surface area contributed by atoms with Gasteiger partial charge in [0, 0.05) is 6.42 Å². The van der Waals surface area contributed by atoms with Gasteiger partial charge in [0.05, 0.1) is 6.54 Å². The van der Waals surface area contributed by atoms with Crippen molar-refractivity contribution in [2.75, 3.05) is 6.61 Å². The Bertz CT molecular complexity index is 384. The minimum Gasteiger partial charge on any atom is -0.448 e. The second-order valence-electron chi connectivity index (χ2n) is 3.01. The summed E-state index contributed by atoms with van der Waals surface area (Å²) in [6, 6.07) is 0. The molecule has 0 atom stereocenters. The highest BCUT2D eigenvalue weighted by Gasteiger charge is 2.05. The van der Waals surface area contributed by atoms with Crippen LogP contribution < -0.4 is 5.73 Å². The number of primary amides is 1. The van der Waals surface area contributed by atoms with Crippen LogP contribution >= 0.6 is 12.2 Å². The van der Waals surface area contributed by atoms with Crippen molar-refractivity contribution in [3.05, 3.63) is 10.6 Å². The Hall–Kier alpha value is -1.37. The van der Waals surface area contributed by atoms with Crippen molar-refractivity contribution in [2.24, 2.45) is 5.73 Å². The molecule has 3 N–H and O–H groups in total. The van der Waals surface area contributed by atoms with E-state index < -0.39 is 6.09 Å². The molecule has 0 aliphatic carbocycles. The fourth-order valence-corrected chi connectivity index (χ4v) is 1.48. The number of H-pyrrole nitrogens is 1. The number of nitrogens with one attached hydrogen (secondary N) is 1. The predicted molar refractivity (Wildman–Crippen MR) is 56.9 cm³/mol. The van der Waals surface area contributed by atoms with Gasteiger partial charge in [0.1, 0.15) is 12.4 Å². The highest BCUT2D eigenvalue weighted by Crippen LogP contribution is 2.01. The summed E-state index contributed by atoms with van der Waals surface area (Å²) in [5.41, 5.74) is 4.85. The van der Waals surface area contributed by atoms with Gasteiger partial charge in [0.25, 0.3) is 0 Å². The Labute approximate surface area is 92.4 Å². The first-order valence-corrected chi connectivity index (χ1v) is 5.12. The van der Waals surface area contributed by atoms with Crippen molar-refractivity contribution >= 4 is 18.3 Å². The summed E-state index contributed by atoms with van der Waals surface area (Å²) in [4.78, 5) is 10.4. The monoisotopic (exact) mass is 230 g/mol. The van der Waals surface area contributed by atoms with Gasteiger partial charge in [-0.15, -0.1) is 0 Å². The molecule has 0 bridgehead atoms. The van der Waals surface area contributed by atoms with Crippen LogP contribution in [0.3, 0.4) is 0 Å². The molecule has 1 aromatic rings. The van der Waals surface area contributed by atoms with E-state index in [1.165, 1.54) is 0 Å². The van der Waals surface area contributed by atoms with Gasteiger partial charge in [0.15, 0.2) is 4.77 Å². The molecule has 0 aliphatic heterocycles. The van der Waals surface area contributed by atoms with Crippen LogP contribution in [-0.2, 0) is 17.7 Å². The summed E-state index contributed by atoms with van der Waals surface area (Å²) in [5, 5.41) is 6.78. The highest BCUT2D eigenvalue weighted by molar-refractivity contribution is 7.71. The quantitative estimate of drug-likeness (QED) is 0.738. The number of nitrogens with zero attached hydrogens (tertiary/aromatic N) is 2. The Morgan fingerprint density at radius 2 is 2.47 bits per heavy atom. The van der Waals surface area contributed by atoms with Crippen LogP contribution in [0.4, 0.5) is 4.79 Å². The molecular weight excluding hydrogens is 216 g/mol. The molecule has 84 valence electrons. The number of aryl methyl sites for hydroxylation is 1. The molecule has 6 nitrogen and oxygen atoms in total. The summed E-state index contributed by atoms with van der Waals surface area (Å²) < 4.78 is 6.97. The third-order valence-corrected chi connectivity index (χ3v) is 2.18. The first-order valence-electron chi connectivity index (χ1n) is 4.71. The zero-order chi connectivity index (χ0) is 11.3. The lowest BCUT2D eigenvalue weighted by Crippen LogP contribution is -2.17. The van der Waals surface area contributed by atoms with Gasteiger partial charge in [-0.05, 0) is 18.6 Å². The SMILES string of the molecule is CCCc1n[nH]c(=S)n1CCOC(N)=O. The lowest BCUT2D eigenvalue weighted by molar-refractivity contribution is 0.152. The van der Waals surface area contributed by atoms with E-state index in [1.807, 2.05) is 4.57 Å². The minimum atomic E-state index is -0.776. The molecule has 0 radical (unpaired) electrons. The summed E-state index contributed by atoms with van der Waals surface area (Å²) >= 11 is 5.04. The van der Waals surface area contributed by atoms with Gasteiger partial charge in [0.2, 0.25) is 0 Å². The molecule has 7 heteroatoms. The second kappa shape index (κ2) is 5.50. The molecule has 1 heterocycles. The van der Waals surface area contributed by atoms with Gasteiger partial charge >= 0.3 is 6.09 Å². The molecule has 1 rings (SSSR count). The summed E-state index contributed by atoms with van der Waals surface area (Å²) in [7, 11) is 0. The number of rotatable bonds is 5. The van der Waals surface area contributed by atoms with Crippen molar-refractivity contribution in [3.8, 4) is 0 Å². The van der Waals surface area contributed by atoms with Crippen molar-refractivity contribution < 1.29 is 9.53 Å². The van der Waals surface area contributed by atoms with E-state index in [4.69, 9.17) is 18.0 Å². The molecule has 0 fully saturated rings. The molecule has 0 saturated heterocycles. The maximum Gasteiger partial charge on any atom is 0.404 e. The van der Waals surface area contributed by atoms with Crippen molar-refractivity contribution in [3.63, 3.8) is 0 Å². The van der Waals surface area contributed by atoms with Gasteiger partial charge in [-0.25, -0.2) is 4.79 Å². The third kappa shape index (κ3) is 3.35. The Morgan fingerprint density at radius 3 is 3.07 bits per heavy atom. The van der Waals surface area contributed by atoms with Gasteiger partial charge in [-0.3, -0.25) is 5.10 Å². The standard InChI is InChI=1S/C8H14N4O2S/c1-2-3-6-10-11-8(15)12(6)4-5-14-7(9)13/h2-5H2,1H3,(H2,9,13)(H,11,15). The molecule has 15 heavy (non-hydrogen) atoms. The van der Waals surface area contributed by atoms with E-state index in [0.29, 0.717) is 11.3 Å². The Balaban J connectivity index is 2.62. The van der Waals surface area contributed by atoms with Crippen molar-refractivity contribution in [1.29, 1.82) is 0 Å². The van der Waals surface area contributed by atoms with E-state index in [-0.39, 0.29) is 6.61 Å². The first kappa shape index (κ1) is 11.7. The molecule has 0 spiro atoms. The number of ether oxygens (including phenoxy) is 1. The average molecular weight is 230 g/mol. The zero-order valence-corrected chi connectivity index (χ0v) is 9.34. The average Bonchev–Trinajstić information content (AvgIpc) is 2.50. The van der Waals surface area contributed by atoms with E-state index >= 15 is 0 Å². The third-order valence-electron chi connectivity index (χ3n) is 1.87. The van der Waals surface area contributed by atoms with Crippen molar-refractivity contribution in [1.82, 2.24) is 14.8 Å². The second-order valence-corrected chi connectivity index (χ2v) is 3.40. The van der Waals surface area contributed by atoms with Crippen LogP contribution in [0.1, 0.15) is 19.2 Å². The number of aromatic amines is 1. The highest BCUT2D eigenvalue weighted by atomic mass is 32.1. The van der Waals surface area contributed by atoms with Crippen LogP contribution in [0.25, 0.3) is 0 Å². The molecule has 0 aliphatic rings. The lowest BCUT2D eigenvalue weighted by Gasteiger charge is -2.05. The van der Waals surface area contributed by atoms with Crippen LogP contribution in [0.5, 0.6) is 0 Å². The smallest absolute Gasteiger partial charge is 0.404 e. The summed E-state index contributed by atoms with van der Waals surface area (Å²) in [6.07, 6.45) is 1.04. The number of aromatic nitrogens is 3. The van der Waals surface area contributed by atoms with E-state index in [2.05, 4.69) is 21.9 Å². The van der Waals surface area contributed by atoms with E-state index in [9.17, 15) is 4.79 Å². The minimum absolute atomic E-state index is 0.208. The van der Waals surface area contributed by atoms with Gasteiger partial charge in [-0.2, -0.15) is 5.10 Å². The maximum atomic E-state index is 10.4.